The fraction of sp³-hybridized carbons (Fsp3) is 0.500. The van der Waals surface area contributed by atoms with E-state index in [2.05, 4.69) is 4.72 Å². The lowest BCUT2D eigenvalue weighted by atomic mass is 10.3. The van der Waals surface area contributed by atoms with Gasteiger partial charge in [0.15, 0.2) is 0 Å². The van der Waals surface area contributed by atoms with Crippen LogP contribution in [-0.2, 0) is 14.8 Å². The van der Waals surface area contributed by atoms with E-state index in [0.29, 0.717) is 24.7 Å². The monoisotopic (exact) mass is 321 g/mol. The van der Waals surface area contributed by atoms with E-state index in [4.69, 9.17) is 22.1 Å². The third-order valence-electron chi connectivity index (χ3n) is 2.72. The smallest absolute Gasteiger partial charge is 0.242 e. The second-order valence-electron chi connectivity index (χ2n) is 4.38. The number of benzene rings is 1. The predicted molar refractivity (Wildman–Crippen MR) is 80.4 cm³/mol. The second-order valence-corrected chi connectivity index (χ2v) is 6.55. The number of hydrogen-bond donors (Lipinski definition) is 2. The third-order valence-corrected chi connectivity index (χ3v) is 4.49. The summed E-state index contributed by atoms with van der Waals surface area (Å²) in [6.07, 6.45) is 0. The Balaban J connectivity index is 2.58. The van der Waals surface area contributed by atoms with Crippen molar-refractivity contribution in [2.24, 2.45) is 0 Å². The molecule has 0 fully saturated rings. The normalized spacial score (nSPS) is 12.0. The van der Waals surface area contributed by atoms with Gasteiger partial charge in [-0.25, -0.2) is 13.1 Å². The molecule has 1 rings (SSSR count). The quantitative estimate of drug-likeness (QED) is 0.691. The van der Waals surface area contributed by atoms with Crippen LogP contribution in [0.25, 0.3) is 0 Å². The first kappa shape index (κ1) is 17.2. The number of sulfonamides is 1. The SMILES string of the molecule is COCCN(C)CCNS(=O)(=O)c1ccc(Cl)cc1N. The number of methoxy groups -OCH3 is 1. The highest BCUT2D eigenvalue weighted by molar-refractivity contribution is 7.89. The van der Waals surface area contributed by atoms with Crippen LogP contribution in [0.3, 0.4) is 0 Å². The van der Waals surface area contributed by atoms with E-state index in [1.165, 1.54) is 18.2 Å². The van der Waals surface area contributed by atoms with E-state index >= 15 is 0 Å². The molecule has 1 aromatic carbocycles. The molecule has 20 heavy (non-hydrogen) atoms. The molecule has 0 aromatic heterocycles. The predicted octanol–water partition coefficient (Wildman–Crippen LogP) is 0.779. The van der Waals surface area contributed by atoms with Gasteiger partial charge in [-0.1, -0.05) is 11.6 Å². The zero-order valence-corrected chi connectivity index (χ0v) is 13.2. The van der Waals surface area contributed by atoms with Gasteiger partial charge >= 0.3 is 0 Å². The van der Waals surface area contributed by atoms with Crippen molar-refractivity contribution >= 4 is 27.3 Å². The molecular weight excluding hydrogens is 302 g/mol. The highest BCUT2D eigenvalue weighted by Gasteiger charge is 2.17. The molecule has 0 bridgehead atoms. The molecule has 0 radical (unpaired) electrons. The third kappa shape index (κ3) is 5.26. The van der Waals surface area contributed by atoms with Crippen molar-refractivity contribution in [1.82, 2.24) is 9.62 Å². The molecule has 0 saturated carbocycles. The molecule has 114 valence electrons. The average Bonchev–Trinajstić information content (AvgIpc) is 2.35. The minimum absolute atomic E-state index is 0.0430. The van der Waals surface area contributed by atoms with Crippen LogP contribution in [0.1, 0.15) is 0 Å². The van der Waals surface area contributed by atoms with Crippen LogP contribution in [0.2, 0.25) is 5.02 Å². The average molecular weight is 322 g/mol. The van der Waals surface area contributed by atoms with E-state index in [1.54, 1.807) is 7.11 Å². The molecule has 0 atom stereocenters. The van der Waals surface area contributed by atoms with Crippen molar-refractivity contribution in [2.45, 2.75) is 4.90 Å². The summed E-state index contributed by atoms with van der Waals surface area (Å²) in [5.74, 6) is 0. The number of ether oxygens (including phenoxy) is 1. The minimum atomic E-state index is -3.62. The number of nitrogens with zero attached hydrogens (tertiary/aromatic N) is 1. The standard InChI is InChI=1S/C12H20ClN3O3S/c1-16(7-8-19-2)6-5-15-20(17,18)12-4-3-10(13)9-11(12)14/h3-4,9,15H,5-8,14H2,1-2H3. The van der Waals surface area contributed by atoms with E-state index in [-0.39, 0.29) is 10.6 Å². The molecule has 0 saturated heterocycles. The van der Waals surface area contributed by atoms with Crippen LogP contribution in [0.5, 0.6) is 0 Å². The van der Waals surface area contributed by atoms with Crippen LogP contribution >= 0.6 is 11.6 Å². The van der Waals surface area contributed by atoms with Crippen molar-refractivity contribution in [3.8, 4) is 0 Å². The molecule has 1 aromatic rings. The van der Waals surface area contributed by atoms with E-state index < -0.39 is 10.0 Å². The molecule has 0 heterocycles. The molecule has 6 nitrogen and oxygen atoms in total. The number of halogens is 1. The van der Waals surface area contributed by atoms with Crippen LogP contribution in [0.4, 0.5) is 5.69 Å². The second kappa shape index (κ2) is 7.80. The first-order valence-corrected chi connectivity index (χ1v) is 7.95. The first-order chi connectivity index (χ1) is 9.36. The molecular formula is C12H20ClN3O3S. The molecule has 0 unspecified atom stereocenters. The van der Waals surface area contributed by atoms with Crippen LogP contribution < -0.4 is 10.5 Å². The van der Waals surface area contributed by atoms with Gasteiger partial charge in [0, 0.05) is 31.8 Å². The molecule has 0 aliphatic heterocycles. The first-order valence-electron chi connectivity index (χ1n) is 6.09. The van der Waals surface area contributed by atoms with Crippen LogP contribution in [-0.4, -0.2) is 53.7 Å². The van der Waals surface area contributed by atoms with Gasteiger partial charge in [0.05, 0.1) is 12.3 Å². The number of nitrogen functional groups attached to an aromatic ring is 1. The van der Waals surface area contributed by atoms with Crippen LogP contribution in [0.15, 0.2) is 23.1 Å². The maximum absolute atomic E-state index is 12.1. The van der Waals surface area contributed by atoms with Crippen molar-refractivity contribution in [3.05, 3.63) is 23.2 Å². The number of rotatable bonds is 8. The Morgan fingerprint density at radius 1 is 1.40 bits per heavy atom. The topological polar surface area (TPSA) is 84.7 Å². The molecule has 0 aliphatic rings. The fourth-order valence-electron chi connectivity index (χ4n) is 1.57. The summed E-state index contributed by atoms with van der Waals surface area (Å²) in [7, 11) is -0.0978. The van der Waals surface area contributed by atoms with E-state index in [1.807, 2.05) is 11.9 Å². The van der Waals surface area contributed by atoms with Crippen molar-refractivity contribution in [1.29, 1.82) is 0 Å². The maximum Gasteiger partial charge on any atom is 0.242 e. The minimum Gasteiger partial charge on any atom is -0.398 e. The van der Waals surface area contributed by atoms with Gasteiger partial charge in [-0.05, 0) is 25.2 Å². The summed E-state index contributed by atoms with van der Waals surface area (Å²) in [6.45, 7) is 2.22. The number of nitrogens with two attached hydrogens (primary N) is 1. The molecule has 0 aliphatic carbocycles. The summed E-state index contributed by atoms with van der Waals surface area (Å²) < 4.78 is 31.6. The Kier molecular flexibility index (Phi) is 6.70. The van der Waals surface area contributed by atoms with Gasteiger partial charge in [-0.2, -0.15) is 0 Å². The van der Waals surface area contributed by atoms with Crippen molar-refractivity contribution in [3.63, 3.8) is 0 Å². The fourth-order valence-corrected chi connectivity index (χ4v) is 2.88. The summed E-state index contributed by atoms with van der Waals surface area (Å²) in [4.78, 5) is 2.01. The maximum atomic E-state index is 12.1. The number of hydrogen-bond acceptors (Lipinski definition) is 5. The molecule has 3 N–H and O–H groups in total. The highest BCUT2D eigenvalue weighted by Crippen LogP contribution is 2.21. The Bertz CT molecular complexity index is 537. The van der Waals surface area contributed by atoms with Gasteiger partial charge in [-0.3, -0.25) is 0 Å². The zero-order valence-electron chi connectivity index (χ0n) is 11.6. The van der Waals surface area contributed by atoms with E-state index in [0.717, 1.165) is 6.54 Å². The van der Waals surface area contributed by atoms with Gasteiger partial charge in [0.25, 0.3) is 0 Å². The lowest BCUT2D eigenvalue weighted by Crippen LogP contribution is -2.34. The lowest BCUT2D eigenvalue weighted by molar-refractivity contribution is 0.162. The summed E-state index contributed by atoms with van der Waals surface area (Å²) in [5, 5.41) is 0.403. The molecule has 8 heteroatoms. The summed E-state index contributed by atoms with van der Waals surface area (Å²) >= 11 is 5.75. The Hall–Kier alpha value is -0.860. The van der Waals surface area contributed by atoms with Gasteiger partial charge in [0.2, 0.25) is 10.0 Å². The summed E-state index contributed by atoms with van der Waals surface area (Å²) in [5.41, 5.74) is 5.81. The van der Waals surface area contributed by atoms with E-state index in [9.17, 15) is 8.42 Å². The highest BCUT2D eigenvalue weighted by atomic mass is 35.5. The van der Waals surface area contributed by atoms with Crippen LogP contribution in [0, 0.1) is 0 Å². The number of nitrogens with one attached hydrogen (secondary N) is 1. The van der Waals surface area contributed by atoms with Gasteiger partial charge in [0.1, 0.15) is 4.90 Å². The number of likely N-dealkylation sites (N-methyl/N-ethyl adjacent to an activating group) is 1. The zero-order chi connectivity index (χ0) is 15.2. The Morgan fingerprint density at radius 3 is 2.70 bits per heavy atom. The largest absolute Gasteiger partial charge is 0.398 e. The number of anilines is 1. The Morgan fingerprint density at radius 2 is 2.10 bits per heavy atom. The molecule has 0 spiro atoms. The van der Waals surface area contributed by atoms with Gasteiger partial charge < -0.3 is 15.4 Å². The molecule has 0 amide bonds. The Labute approximate surface area is 124 Å². The van der Waals surface area contributed by atoms with Crippen molar-refractivity contribution < 1.29 is 13.2 Å². The lowest BCUT2D eigenvalue weighted by Gasteiger charge is -2.16. The van der Waals surface area contributed by atoms with Gasteiger partial charge in [-0.15, -0.1) is 0 Å². The summed E-state index contributed by atoms with van der Waals surface area (Å²) in [6, 6.07) is 4.31. The van der Waals surface area contributed by atoms with Crippen molar-refractivity contribution in [2.75, 3.05) is 46.1 Å².